The van der Waals surface area contributed by atoms with Crippen LogP contribution in [-0.4, -0.2) is 17.2 Å². The summed E-state index contributed by atoms with van der Waals surface area (Å²) >= 11 is 1.43. The van der Waals surface area contributed by atoms with Gasteiger partial charge in [0.1, 0.15) is 0 Å². The molecule has 0 aliphatic rings. The van der Waals surface area contributed by atoms with E-state index in [1.807, 2.05) is 12.3 Å². The fourth-order valence-electron chi connectivity index (χ4n) is 1.35. The molecule has 2 nitrogen and oxygen atoms in total. The molecule has 0 amide bonds. The highest BCUT2D eigenvalue weighted by atomic mass is 32.1. The van der Waals surface area contributed by atoms with Crippen molar-refractivity contribution in [3.63, 3.8) is 0 Å². The van der Waals surface area contributed by atoms with Crippen LogP contribution in [0, 0.1) is 0 Å². The first-order chi connectivity index (χ1) is 5.70. The third-order valence-corrected chi connectivity index (χ3v) is 3.10. The summed E-state index contributed by atoms with van der Waals surface area (Å²) in [6.07, 6.45) is 1.84. The van der Waals surface area contributed by atoms with Gasteiger partial charge >= 0.3 is 7.12 Å². The van der Waals surface area contributed by atoms with Crippen LogP contribution < -0.4 is 4.78 Å². The van der Waals surface area contributed by atoms with Gasteiger partial charge in [-0.25, -0.2) is 0 Å². The number of hydrogen-bond donors (Lipinski definition) is 2. The predicted octanol–water partition coefficient (Wildman–Crippen LogP) is 0.553. The number of rotatable bonds is 3. The van der Waals surface area contributed by atoms with E-state index in [1.54, 1.807) is 0 Å². The van der Waals surface area contributed by atoms with Crippen LogP contribution in [0.15, 0.2) is 5.38 Å². The van der Waals surface area contributed by atoms with Gasteiger partial charge in [0.2, 0.25) is 0 Å². The van der Waals surface area contributed by atoms with Crippen LogP contribution in [0.5, 0.6) is 0 Å². The van der Waals surface area contributed by atoms with Crippen molar-refractivity contribution in [1.82, 2.24) is 0 Å². The average molecular weight is 184 g/mol. The minimum atomic E-state index is -1.30. The molecule has 2 N–H and O–H groups in total. The highest BCUT2D eigenvalue weighted by Crippen LogP contribution is 2.14. The standard InChI is InChI=1S/C8H13BO2S/c1-3-6-5-12-8(9(10)11)7(6)4-2/h5,10-11H,3-4H2,1-2H3. The van der Waals surface area contributed by atoms with Crippen LogP contribution in [0.3, 0.4) is 0 Å². The van der Waals surface area contributed by atoms with Crippen molar-refractivity contribution in [1.29, 1.82) is 0 Å². The Balaban J connectivity index is 3.05. The number of aryl methyl sites for hydroxylation is 1. The van der Waals surface area contributed by atoms with E-state index in [4.69, 9.17) is 10.0 Å². The third kappa shape index (κ3) is 1.71. The van der Waals surface area contributed by atoms with Crippen molar-refractivity contribution in [3.05, 3.63) is 16.5 Å². The summed E-state index contributed by atoms with van der Waals surface area (Å²) in [5.74, 6) is 0. The Bertz CT molecular complexity index is 258. The topological polar surface area (TPSA) is 40.5 Å². The molecular formula is C8H13BO2S. The maximum Gasteiger partial charge on any atom is 0.499 e. The molecule has 0 bridgehead atoms. The van der Waals surface area contributed by atoms with Crippen LogP contribution >= 0.6 is 11.3 Å². The van der Waals surface area contributed by atoms with Gasteiger partial charge in [-0.2, -0.15) is 11.3 Å². The molecule has 0 radical (unpaired) electrons. The van der Waals surface area contributed by atoms with Gasteiger partial charge in [-0.1, -0.05) is 13.8 Å². The van der Waals surface area contributed by atoms with Crippen molar-refractivity contribution in [2.75, 3.05) is 0 Å². The summed E-state index contributed by atoms with van der Waals surface area (Å²) < 4.78 is 0.703. The van der Waals surface area contributed by atoms with E-state index in [0.29, 0.717) is 4.78 Å². The molecule has 0 saturated carbocycles. The van der Waals surface area contributed by atoms with E-state index < -0.39 is 7.12 Å². The molecule has 0 unspecified atom stereocenters. The number of thiophene rings is 1. The zero-order valence-electron chi connectivity index (χ0n) is 7.37. The second-order valence-corrected chi connectivity index (χ2v) is 3.60. The summed E-state index contributed by atoms with van der Waals surface area (Å²) in [7, 11) is -1.30. The number of hydrogen-bond acceptors (Lipinski definition) is 3. The smallest absolute Gasteiger partial charge is 0.423 e. The van der Waals surface area contributed by atoms with Gasteiger partial charge in [-0.15, -0.1) is 0 Å². The monoisotopic (exact) mass is 184 g/mol. The Morgan fingerprint density at radius 2 is 2.00 bits per heavy atom. The zero-order valence-corrected chi connectivity index (χ0v) is 8.19. The SMILES string of the molecule is CCc1csc(B(O)O)c1CC. The molecule has 0 aliphatic heterocycles. The van der Waals surface area contributed by atoms with Crippen molar-refractivity contribution in [2.24, 2.45) is 0 Å². The van der Waals surface area contributed by atoms with Crippen LogP contribution in [0.25, 0.3) is 0 Å². The molecule has 12 heavy (non-hydrogen) atoms. The fraction of sp³-hybridized carbons (Fsp3) is 0.500. The van der Waals surface area contributed by atoms with E-state index in [9.17, 15) is 0 Å². The maximum atomic E-state index is 9.01. The quantitative estimate of drug-likeness (QED) is 0.673. The minimum absolute atomic E-state index is 0.703. The van der Waals surface area contributed by atoms with Gasteiger partial charge < -0.3 is 10.0 Å². The summed E-state index contributed by atoms with van der Waals surface area (Å²) in [6.45, 7) is 4.11. The molecule has 1 rings (SSSR count). The van der Waals surface area contributed by atoms with E-state index in [2.05, 4.69) is 6.92 Å². The summed E-state index contributed by atoms with van der Waals surface area (Å²) in [4.78, 5) is 0. The van der Waals surface area contributed by atoms with Crippen molar-refractivity contribution >= 4 is 23.2 Å². The normalized spacial score (nSPS) is 10.3. The maximum absolute atomic E-state index is 9.01. The van der Waals surface area contributed by atoms with E-state index in [1.165, 1.54) is 16.9 Å². The van der Waals surface area contributed by atoms with E-state index in [-0.39, 0.29) is 0 Å². The molecule has 1 aromatic rings. The van der Waals surface area contributed by atoms with E-state index in [0.717, 1.165) is 18.4 Å². The summed E-state index contributed by atoms with van der Waals surface area (Å²) in [6, 6.07) is 0. The highest BCUT2D eigenvalue weighted by molar-refractivity contribution is 7.20. The van der Waals surface area contributed by atoms with Crippen molar-refractivity contribution < 1.29 is 10.0 Å². The lowest BCUT2D eigenvalue weighted by Gasteiger charge is -2.01. The van der Waals surface area contributed by atoms with Crippen LogP contribution in [0.4, 0.5) is 0 Å². The van der Waals surface area contributed by atoms with Gasteiger partial charge in [-0.3, -0.25) is 0 Å². The Morgan fingerprint density at radius 3 is 2.42 bits per heavy atom. The highest BCUT2D eigenvalue weighted by Gasteiger charge is 2.19. The lowest BCUT2D eigenvalue weighted by atomic mass is 9.84. The third-order valence-electron chi connectivity index (χ3n) is 1.98. The molecule has 1 aromatic heterocycles. The lowest BCUT2D eigenvalue weighted by molar-refractivity contribution is 0.426. The van der Waals surface area contributed by atoms with Crippen molar-refractivity contribution in [2.45, 2.75) is 26.7 Å². The first kappa shape index (κ1) is 9.77. The first-order valence-electron chi connectivity index (χ1n) is 4.15. The Hall–Kier alpha value is -0.315. The molecule has 0 atom stereocenters. The van der Waals surface area contributed by atoms with Crippen LogP contribution in [-0.2, 0) is 12.8 Å². The Labute approximate surface area is 77.0 Å². The van der Waals surface area contributed by atoms with Crippen molar-refractivity contribution in [3.8, 4) is 0 Å². The molecule has 0 spiro atoms. The molecule has 66 valence electrons. The Morgan fingerprint density at radius 1 is 1.33 bits per heavy atom. The lowest BCUT2D eigenvalue weighted by Crippen LogP contribution is -2.30. The minimum Gasteiger partial charge on any atom is -0.423 e. The van der Waals surface area contributed by atoms with Gasteiger partial charge in [0, 0.05) is 4.78 Å². The Kier molecular flexibility index (Phi) is 3.32. The predicted molar refractivity (Wildman–Crippen MR) is 52.9 cm³/mol. The van der Waals surface area contributed by atoms with E-state index >= 15 is 0 Å². The fourth-order valence-corrected chi connectivity index (χ4v) is 2.47. The second-order valence-electron chi connectivity index (χ2n) is 2.68. The molecule has 4 heteroatoms. The average Bonchev–Trinajstić information content (AvgIpc) is 2.46. The summed E-state index contributed by atoms with van der Waals surface area (Å²) in [5, 5.41) is 20.0. The molecule has 0 aliphatic carbocycles. The van der Waals surface area contributed by atoms with Gasteiger partial charge in [0.05, 0.1) is 0 Å². The first-order valence-corrected chi connectivity index (χ1v) is 5.03. The molecule has 1 heterocycles. The summed E-state index contributed by atoms with van der Waals surface area (Å²) in [5.41, 5.74) is 2.35. The molecular weight excluding hydrogens is 171 g/mol. The molecule has 0 aromatic carbocycles. The largest absolute Gasteiger partial charge is 0.499 e. The van der Waals surface area contributed by atoms with Crippen LogP contribution in [0.2, 0.25) is 0 Å². The van der Waals surface area contributed by atoms with Gasteiger partial charge in [0.25, 0.3) is 0 Å². The van der Waals surface area contributed by atoms with Crippen LogP contribution in [0.1, 0.15) is 25.0 Å². The molecule has 0 saturated heterocycles. The molecule has 0 fully saturated rings. The van der Waals surface area contributed by atoms with Gasteiger partial charge in [0.15, 0.2) is 0 Å². The second kappa shape index (κ2) is 4.07. The zero-order chi connectivity index (χ0) is 9.14. The van der Waals surface area contributed by atoms with Gasteiger partial charge in [-0.05, 0) is 29.3 Å².